The minimum Gasteiger partial charge on any atom is -0.366 e. The van der Waals surface area contributed by atoms with Crippen LogP contribution in [-0.2, 0) is 9.59 Å². The SMILES string of the molecule is CCCN(CC1CC1)c1ccc(N2C(=O)[C@@H]3CCCC[C@H]3C2=O)cc1[N+](=O)[O-]. The molecule has 28 heavy (non-hydrogen) atoms. The van der Waals surface area contributed by atoms with Gasteiger partial charge in [0.15, 0.2) is 0 Å². The molecule has 3 fully saturated rings. The van der Waals surface area contributed by atoms with Crippen LogP contribution in [0.25, 0.3) is 0 Å². The first kappa shape index (κ1) is 18.9. The summed E-state index contributed by atoms with van der Waals surface area (Å²) in [6, 6.07) is 4.83. The fourth-order valence-electron chi connectivity index (χ4n) is 4.67. The maximum atomic E-state index is 12.8. The Morgan fingerprint density at radius 2 is 1.75 bits per heavy atom. The van der Waals surface area contributed by atoms with E-state index in [1.54, 1.807) is 12.1 Å². The zero-order valence-electron chi connectivity index (χ0n) is 16.3. The third-order valence-electron chi connectivity index (χ3n) is 6.26. The quantitative estimate of drug-likeness (QED) is 0.404. The van der Waals surface area contributed by atoms with E-state index in [0.717, 1.165) is 45.2 Å². The van der Waals surface area contributed by atoms with Crippen LogP contribution >= 0.6 is 0 Å². The number of rotatable bonds is 7. The number of carbonyl (C=O) groups is 2. The van der Waals surface area contributed by atoms with Crippen LogP contribution < -0.4 is 9.80 Å². The summed E-state index contributed by atoms with van der Waals surface area (Å²) < 4.78 is 0. The maximum absolute atomic E-state index is 12.8. The molecule has 150 valence electrons. The number of nitro benzene ring substituents is 1. The summed E-state index contributed by atoms with van der Waals surface area (Å²) in [6.07, 6.45) is 6.63. The normalized spacial score (nSPS) is 24.4. The molecule has 0 bridgehead atoms. The van der Waals surface area contributed by atoms with Crippen molar-refractivity contribution in [3.8, 4) is 0 Å². The van der Waals surface area contributed by atoms with Crippen LogP contribution in [0.15, 0.2) is 18.2 Å². The highest BCUT2D eigenvalue weighted by molar-refractivity contribution is 6.22. The van der Waals surface area contributed by atoms with Gasteiger partial charge in [0.25, 0.3) is 5.69 Å². The van der Waals surface area contributed by atoms with Gasteiger partial charge >= 0.3 is 0 Å². The van der Waals surface area contributed by atoms with Crippen molar-refractivity contribution in [3.05, 3.63) is 28.3 Å². The van der Waals surface area contributed by atoms with Crippen molar-refractivity contribution in [1.82, 2.24) is 0 Å². The largest absolute Gasteiger partial charge is 0.366 e. The van der Waals surface area contributed by atoms with E-state index >= 15 is 0 Å². The summed E-state index contributed by atoms with van der Waals surface area (Å²) in [5.41, 5.74) is 0.892. The van der Waals surface area contributed by atoms with Gasteiger partial charge in [-0.15, -0.1) is 0 Å². The Kier molecular flexibility index (Phi) is 5.08. The number of fused-ring (bicyclic) bond motifs is 1. The summed E-state index contributed by atoms with van der Waals surface area (Å²) in [4.78, 5) is 40.3. The number of nitrogens with zero attached hydrogens (tertiary/aromatic N) is 3. The molecule has 3 aliphatic rings. The van der Waals surface area contributed by atoms with E-state index in [0.29, 0.717) is 17.3 Å². The van der Waals surface area contributed by atoms with Crippen LogP contribution in [0.4, 0.5) is 17.1 Å². The molecule has 2 amide bonds. The van der Waals surface area contributed by atoms with Gasteiger partial charge in [0.1, 0.15) is 5.69 Å². The average molecular weight is 385 g/mol. The molecule has 2 aliphatic carbocycles. The molecular formula is C21H27N3O4. The molecule has 0 N–H and O–H groups in total. The Morgan fingerprint density at radius 1 is 1.11 bits per heavy atom. The molecule has 2 atom stereocenters. The summed E-state index contributed by atoms with van der Waals surface area (Å²) in [6.45, 7) is 3.63. The first-order chi connectivity index (χ1) is 13.5. The third-order valence-corrected chi connectivity index (χ3v) is 6.26. The molecule has 7 heteroatoms. The number of carbonyl (C=O) groups excluding carboxylic acids is 2. The Labute approximate surface area is 164 Å². The standard InChI is InChI=1S/C21H27N3O4/c1-2-11-22(13-14-7-8-14)18-10-9-15(12-19(18)24(27)28)23-20(25)16-5-3-4-6-17(16)21(23)26/h9-10,12,14,16-17H,2-8,11,13H2,1H3/t16-,17-/m1/s1. The van der Waals surface area contributed by atoms with Crippen molar-refractivity contribution in [2.75, 3.05) is 22.9 Å². The minimum absolute atomic E-state index is 0.0259. The number of amides is 2. The number of benzene rings is 1. The average Bonchev–Trinajstić information content (AvgIpc) is 3.47. The van der Waals surface area contributed by atoms with E-state index in [9.17, 15) is 19.7 Å². The fourth-order valence-corrected chi connectivity index (χ4v) is 4.67. The van der Waals surface area contributed by atoms with Crippen molar-refractivity contribution in [1.29, 1.82) is 0 Å². The van der Waals surface area contributed by atoms with Crippen LogP contribution in [-0.4, -0.2) is 29.8 Å². The molecule has 4 rings (SSSR count). The van der Waals surface area contributed by atoms with E-state index in [1.165, 1.54) is 23.8 Å². The molecule has 2 saturated carbocycles. The molecule has 1 saturated heterocycles. The highest BCUT2D eigenvalue weighted by atomic mass is 16.6. The Hall–Kier alpha value is -2.44. The zero-order chi connectivity index (χ0) is 19.8. The van der Waals surface area contributed by atoms with Gasteiger partial charge in [-0.1, -0.05) is 19.8 Å². The lowest BCUT2D eigenvalue weighted by Crippen LogP contribution is -2.31. The summed E-state index contributed by atoms with van der Waals surface area (Å²) >= 11 is 0. The van der Waals surface area contributed by atoms with Crippen LogP contribution in [0.3, 0.4) is 0 Å². The summed E-state index contributed by atoms with van der Waals surface area (Å²) in [5, 5.41) is 11.8. The Bertz CT molecular complexity index is 781. The topological polar surface area (TPSA) is 83.8 Å². The van der Waals surface area contributed by atoms with Crippen molar-refractivity contribution in [3.63, 3.8) is 0 Å². The van der Waals surface area contributed by atoms with Gasteiger partial charge in [-0.2, -0.15) is 0 Å². The van der Waals surface area contributed by atoms with Crippen LogP contribution in [0.5, 0.6) is 0 Å². The van der Waals surface area contributed by atoms with Gasteiger partial charge in [0.2, 0.25) is 11.8 Å². The summed E-state index contributed by atoms with van der Waals surface area (Å²) in [5.74, 6) is -0.297. The fraction of sp³-hybridized carbons (Fsp3) is 0.619. The first-order valence-corrected chi connectivity index (χ1v) is 10.4. The van der Waals surface area contributed by atoms with Gasteiger partial charge in [-0.25, -0.2) is 4.90 Å². The van der Waals surface area contributed by atoms with Gasteiger partial charge < -0.3 is 4.90 Å². The number of imide groups is 1. The molecular weight excluding hydrogens is 358 g/mol. The van der Waals surface area contributed by atoms with Gasteiger partial charge in [0.05, 0.1) is 22.4 Å². The monoisotopic (exact) mass is 385 g/mol. The molecule has 1 aromatic carbocycles. The van der Waals surface area contributed by atoms with Gasteiger partial charge in [0, 0.05) is 19.2 Å². The molecule has 7 nitrogen and oxygen atoms in total. The lowest BCUT2D eigenvalue weighted by molar-refractivity contribution is -0.384. The first-order valence-electron chi connectivity index (χ1n) is 10.4. The van der Waals surface area contributed by atoms with Gasteiger partial charge in [-0.3, -0.25) is 19.7 Å². The highest BCUT2D eigenvalue weighted by Crippen LogP contribution is 2.42. The second kappa shape index (κ2) is 7.53. The minimum atomic E-state index is -0.396. The molecule has 1 aliphatic heterocycles. The second-order valence-corrected chi connectivity index (χ2v) is 8.33. The van der Waals surface area contributed by atoms with E-state index in [1.807, 2.05) is 0 Å². The van der Waals surface area contributed by atoms with Crippen molar-refractivity contribution in [2.24, 2.45) is 17.8 Å². The Balaban J connectivity index is 1.67. The molecule has 0 spiro atoms. The van der Waals surface area contributed by atoms with Crippen LogP contribution in [0.1, 0.15) is 51.9 Å². The van der Waals surface area contributed by atoms with E-state index in [2.05, 4.69) is 11.8 Å². The van der Waals surface area contributed by atoms with Crippen LogP contribution in [0.2, 0.25) is 0 Å². The Morgan fingerprint density at radius 3 is 2.29 bits per heavy atom. The predicted molar refractivity (Wildman–Crippen MR) is 106 cm³/mol. The van der Waals surface area contributed by atoms with Crippen molar-refractivity contribution < 1.29 is 14.5 Å². The van der Waals surface area contributed by atoms with E-state index < -0.39 is 4.92 Å². The molecule has 0 radical (unpaired) electrons. The lowest BCUT2D eigenvalue weighted by atomic mass is 9.81. The maximum Gasteiger partial charge on any atom is 0.294 e. The molecule has 1 aromatic rings. The number of nitro groups is 1. The number of hydrogen-bond acceptors (Lipinski definition) is 5. The number of anilines is 2. The molecule has 0 aromatic heterocycles. The smallest absolute Gasteiger partial charge is 0.294 e. The van der Waals surface area contributed by atoms with E-state index in [4.69, 9.17) is 0 Å². The van der Waals surface area contributed by atoms with E-state index in [-0.39, 0.29) is 29.3 Å². The summed E-state index contributed by atoms with van der Waals surface area (Å²) in [7, 11) is 0. The van der Waals surface area contributed by atoms with Crippen LogP contribution in [0, 0.1) is 27.9 Å². The van der Waals surface area contributed by atoms with Gasteiger partial charge in [-0.05, 0) is 50.2 Å². The molecule has 1 heterocycles. The molecule has 0 unspecified atom stereocenters. The lowest BCUT2D eigenvalue weighted by Gasteiger charge is -2.25. The predicted octanol–water partition coefficient (Wildman–Crippen LogP) is 3.90. The van der Waals surface area contributed by atoms with Crippen molar-refractivity contribution >= 4 is 28.9 Å². The zero-order valence-corrected chi connectivity index (χ0v) is 16.3. The third kappa shape index (κ3) is 3.38. The number of hydrogen-bond donors (Lipinski definition) is 0. The van der Waals surface area contributed by atoms with Crippen molar-refractivity contribution in [2.45, 2.75) is 51.9 Å². The second-order valence-electron chi connectivity index (χ2n) is 8.33. The highest BCUT2D eigenvalue weighted by Gasteiger charge is 2.49.